The van der Waals surface area contributed by atoms with Crippen LogP contribution in [0, 0.1) is 17.1 Å². The van der Waals surface area contributed by atoms with Crippen molar-refractivity contribution in [2.24, 2.45) is 0 Å². The van der Waals surface area contributed by atoms with E-state index in [9.17, 15) is 22.9 Å². The van der Waals surface area contributed by atoms with Crippen LogP contribution in [0.1, 0.15) is 18.4 Å². The highest BCUT2D eigenvalue weighted by Crippen LogP contribution is 2.25. The Morgan fingerprint density at radius 2 is 1.56 bits per heavy atom. The van der Waals surface area contributed by atoms with E-state index >= 15 is 0 Å². The zero-order valence-corrected chi connectivity index (χ0v) is 22.3. The summed E-state index contributed by atoms with van der Waals surface area (Å²) < 4.78 is 44.1. The minimum absolute atomic E-state index is 0.0178. The smallest absolute Gasteiger partial charge is 0.322 e. The number of nitrogens with zero attached hydrogens (tertiary/aromatic N) is 3. The summed E-state index contributed by atoms with van der Waals surface area (Å²) in [5.41, 5.74) is 2.07. The number of nitriles is 1. The number of benzene rings is 3. The molecule has 2 N–H and O–H groups in total. The summed E-state index contributed by atoms with van der Waals surface area (Å²) in [4.78, 5) is 16.7. The summed E-state index contributed by atoms with van der Waals surface area (Å²) >= 11 is 0. The number of rotatable bonds is 9. The molecule has 1 aliphatic rings. The molecule has 3 aromatic carbocycles. The van der Waals surface area contributed by atoms with Crippen LogP contribution in [-0.4, -0.2) is 56.2 Å². The van der Waals surface area contributed by atoms with Gasteiger partial charge >= 0.3 is 6.03 Å². The molecule has 1 aliphatic heterocycles. The quantitative estimate of drug-likeness (QED) is 0.361. The number of amides is 2. The number of piperidine rings is 1. The Morgan fingerprint density at radius 1 is 1.00 bits per heavy atom. The van der Waals surface area contributed by atoms with E-state index in [1.807, 2.05) is 24.3 Å². The van der Waals surface area contributed by atoms with E-state index in [2.05, 4.69) is 21.0 Å². The van der Waals surface area contributed by atoms with Crippen molar-refractivity contribution in [3.8, 4) is 17.6 Å². The van der Waals surface area contributed by atoms with Crippen molar-refractivity contribution in [1.29, 1.82) is 5.26 Å². The van der Waals surface area contributed by atoms with Crippen LogP contribution in [0.25, 0.3) is 0 Å². The average Bonchev–Trinajstić information content (AvgIpc) is 2.90. The van der Waals surface area contributed by atoms with E-state index in [0.29, 0.717) is 22.9 Å². The van der Waals surface area contributed by atoms with Gasteiger partial charge in [-0.25, -0.2) is 17.6 Å². The zero-order chi connectivity index (χ0) is 27.8. The lowest BCUT2D eigenvalue weighted by Gasteiger charge is -2.37. The van der Waals surface area contributed by atoms with Crippen molar-refractivity contribution in [3.05, 3.63) is 84.2 Å². The van der Waals surface area contributed by atoms with Gasteiger partial charge in [0.15, 0.2) is 0 Å². The number of carbonyl (C=O) groups excluding carboxylic acids is 1. The molecule has 204 valence electrons. The first-order valence-corrected chi connectivity index (χ1v) is 14.3. The van der Waals surface area contributed by atoms with Crippen LogP contribution in [-0.2, 0) is 16.6 Å². The normalized spacial score (nSPS) is 14.3. The number of likely N-dealkylation sites (tertiary alicyclic amines) is 1. The van der Waals surface area contributed by atoms with Crippen molar-refractivity contribution in [2.75, 3.05) is 35.9 Å². The highest BCUT2D eigenvalue weighted by Gasteiger charge is 2.28. The predicted molar refractivity (Wildman–Crippen MR) is 147 cm³/mol. The number of urea groups is 1. The van der Waals surface area contributed by atoms with E-state index in [-0.39, 0.29) is 24.4 Å². The topological polar surface area (TPSA) is 115 Å². The average molecular weight is 552 g/mol. The maximum Gasteiger partial charge on any atom is 0.322 e. The van der Waals surface area contributed by atoms with Crippen molar-refractivity contribution in [2.45, 2.75) is 25.4 Å². The molecule has 1 fully saturated rings. The van der Waals surface area contributed by atoms with Gasteiger partial charge in [-0.2, -0.15) is 5.26 Å². The van der Waals surface area contributed by atoms with Crippen LogP contribution < -0.4 is 14.8 Å². The zero-order valence-electron chi connectivity index (χ0n) is 21.5. The summed E-state index contributed by atoms with van der Waals surface area (Å²) in [5, 5.41) is 12.0. The van der Waals surface area contributed by atoms with Crippen LogP contribution in [0.4, 0.5) is 20.6 Å². The largest absolute Gasteiger partial charge is 0.457 e. The summed E-state index contributed by atoms with van der Waals surface area (Å²) in [7, 11) is -3.33. The molecule has 1 saturated heterocycles. The molecule has 0 atom stereocenters. The van der Waals surface area contributed by atoms with E-state index in [4.69, 9.17) is 4.74 Å². The first-order valence-electron chi connectivity index (χ1n) is 12.5. The lowest BCUT2D eigenvalue weighted by Crippen LogP contribution is -2.48. The van der Waals surface area contributed by atoms with Gasteiger partial charge in [0.2, 0.25) is 10.0 Å². The predicted octanol–water partition coefficient (Wildman–Crippen LogP) is 5.01. The van der Waals surface area contributed by atoms with Gasteiger partial charge in [-0.15, -0.1) is 0 Å². The maximum atomic E-state index is 13.2. The van der Waals surface area contributed by atoms with E-state index in [0.717, 1.165) is 44.3 Å². The second-order valence-electron chi connectivity index (χ2n) is 9.38. The number of sulfonamides is 1. The van der Waals surface area contributed by atoms with Gasteiger partial charge in [0.1, 0.15) is 23.9 Å². The third-order valence-electron chi connectivity index (χ3n) is 6.32. The molecule has 11 heteroatoms. The fourth-order valence-electron chi connectivity index (χ4n) is 4.42. The Balaban J connectivity index is 1.26. The van der Waals surface area contributed by atoms with E-state index < -0.39 is 10.0 Å². The Bertz CT molecular complexity index is 1400. The van der Waals surface area contributed by atoms with E-state index in [1.54, 1.807) is 29.2 Å². The first kappa shape index (κ1) is 27.9. The molecule has 0 unspecified atom stereocenters. The molecule has 39 heavy (non-hydrogen) atoms. The third kappa shape index (κ3) is 8.43. The van der Waals surface area contributed by atoms with E-state index in [1.165, 1.54) is 24.3 Å². The fourth-order valence-corrected chi connectivity index (χ4v) is 4.99. The second kappa shape index (κ2) is 12.6. The molecule has 0 bridgehead atoms. The molecule has 0 aromatic heterocycles. The van der Waals surface area contributed by atoms with Crippen molar-refractivity contribution >= 4 is 27.4 Å². The molecule has 4 rings (SSSR count). The Hall–Kier alpha value is -4.14. The Labute approximate surface area is 227 Å². The van der Waals surface area contributed by atoms with Gasteiger partial charge in [-0.3, -0.25) is 9.62 Å². The molecule has 0 spiro atoms. The molecule has 0 radical (unpaired) electrons. The Morgan fingerprint density at radius 3 is 2.13 bits per heavy atom. The molecule has 0 saturated carbocycles. The molecule has 2 amide bonds. The minimum Gasteiger partial charge on any atom is -0.457 e. The maximum absolute atomic E-state index is 13.2. The molecule has 0 aliphatic carbocycles. The number of carbonyl (C=O) groups is 1. The summed E-state index contributed by atoms with van der Waals surface area (Å²) in [6, 6.07) is 21.6. The van der Waals surface area contributed by atoms with Gasteiger partial charge in [-0.1, -0.05) is 12.1 Å². The Kier molecular flexibility index (Phi) is 9.01. The third-order valence-corrected chi connectivity index (χ3v) is 6.92. The number of ether oxygens (including phenoxy) is 1. The van der Waals surface area contributed by atoms with Crippen LogP contribution in [0.5, 0.6) is 11.5 Å². The summed E-state index contributed by atoms with van der Waals surface area (Å²) in [6.45, 7) is 2.29. The number of halogens is 1. The van der Waals surface area contributed by atoms with Gasteiger partial charge in [0, 0.05) is 37.1 Å². The lowest BCUT2D eigenvalue weighted by atomic mass is 10.0. The van der Waals surface area contributed by atoms with Crippen molar-refractivity contribution < 1.29 is 22.3 Å². The monoisotopic (exact) mass is 551 g/mol. The second-order valence-corrected chi connectivity index (χ2v) is 11.1. The van der Waals surface area contributed by atoms with Crippen LogP contribution in [0.3, 0.4) is 0 Å². The standard InChI is InChI=1S/C28H30FN5O4S/c1-39(36,37)32-24-8-12-27(13-9-24)38-26-10-2-21(3-11-26)20-33-17-14-25(15-18-33)34(19-16-30)28(35)31-23-6-4-22(29)5-7-23/h2-13,25,32H,14-15,17-20H2,1H3,(H,31,35). The highest BCUT2D eigenvalue weighted by atomic mass is 32.2. The molecule has 3 aromatic rings. The fraction of sp³-hybridized carbons (Fsp3) is 0.286. The van der Waals surface area contributed by atoms with Crippen molar-refractivity contribution in [3.63, 3.8) is 0 Å². The lowest BCUT2D eigenvalue weighted by molar-refractivity contribution is 0.130. The van der Waals surface area contributed by atoms with Crippen molar-refractivity contribution in [1.82, 2.24) is 9.80 Å². The number of hydrogen-bond acceptors (Lipinski definition) is 6. The van der Waals surface area contributed by atoms with Gasteiger partial charge in [0.05, 0.1) is 12.3 Å². The number of hydrogen-bond donors (Lipinski definition) is 2. The molecule has 1 heterocycles. The van der Waals surface area contributed by atoms with Gasteiger partial charge in [-0.05, 0) is 79.1 Å². The molecular weight excluding hydrogens is 521 g/mol. The van der Waals surface area contributed by atoms with Gasteiger partial charge in [0.25, 0.3) is 0 Å². The first-order chi connectivity index (χ1) is 18.7. The van der Waals surface area contributed by atoms with Gasteiger partial charge < -0.3 is 15.0 Å². The molecule has 9 nitrogen and oxygen atoms in total. The summed E-state index contributed by atoms with van der Waals surface area (Å²) in [5.74, 6) is 0.877. The SMILES string of the molecule is CS(=O)(=O)Nc1ccc(Oc2ccc(CN3CCC(N(CC#N)C(=O)Nc4ccc(F)cc4)CC3)cc2)cc1. The van der Waals surface area contributed by atoms with Crippen LogP contribution in [0.2, 0.25) is 0 Å². The molecular formula is C28H30FN5O4S. The highest BCUT2D eigenvalue weighted by molar-refractivity contribution is 7.92. The summed E-state index contributed by atoms with van der Waals surface area (Å²) in [6.07, 6.45) is 2.58. The van der Waals surface area contributed by atoms with Crippen LogP contribution >= 0.6 is 0 Å². The number of anilines is 2. The van der Waals surface area contributed by atoms with Crippen LogP contribution in [0.15, 0.2) is 72.8 Å². The minimum atomic E-state index is -3.33. The number of nitrogens with one attached hydrogen (secondary N) is 2.